The molecular formula is C26H43NO3. The van der Waals surface area contributed by atoms with Crippen LogP contribution in [0, 0.1) is 24.7 Å². The van der Waals surface area contributed by atoms with Crippen LogP contribution in [0.1, 0.15) is 64.0 Å². The minimum absolute atomic E-state index is 0.0887. The summed E-state index contributed by atoms with van der Waals surface area (Å²) >= 11 is 0. The maximum Gasteiger partial charge on any atom is 0.164 e. The topological polar surface area (TPSA) is 30.9 Å². The lowest BCUT2D eigenvalue weighted by Crippen LogP contribution is -2.56. The lowest BCUT2D eigenvalue weighted by molar-refractivity contribution is 0.00857. The van der Waals surface area contributed by atoms with E-state index in [0.717, 1.165) is 30.4 Å². The average molecular weight is 418 g/mol. The standard InChI is InChI=1S/C26H43NO3/c1-8-26(24-19(3)9-12-23(29-6)25(24)30-7)13-14-27(16-21-10-11-21)20(4)22(26)15-18(2)17-28-5/h9,12,18,20-22H,8,10-11,13-17H2,1-7H3/t18-,20?,22?,26?/m0/s1. The third-order valence-electron chi connectivity index (χ3n) is 7.89. The molecule has 0 amide bonds. The van der Waals surface area contributed by atoms with Crippen molar-refractivity contribution >= 4 is 0 Å². The molecule has 1 saturated heterocycles. The Bertz CT molecular complexity index is 702. The summed E-state index contributed by atoms with van der Waals surface area (Å²) in [6.45, 7) is 12.7. The summed E-state index contributed by atoms with van der Waals surface area (Å²) in [6, 6.07) is 4.81. The number of aryl methyl sites for hydroxylation is 1. The second-order valence-electron chi connectivity index (χ2n) is 9.83. The lowest BCUT2D eigenvalue weighted by Gasteiger charge is -2.54. The predicted octanol–water partition coefficient (Wildman–Crippen LogP) is 5.45. The summed E-state index contributed by atoms with van der Waals surface area (Å²) in [7, 11) is 5.36. The molecule has 0 radical (unpaired) electrons. The average Bonchev–Trinajstić information content (AvgIpc) is 3.56. The van der Waals surface area contributed by atoms with Crippen molar-refractivity contribution in [1.29, 1.82) is 0 Å². The van der Waals surface area contributed by atoms with Gasteiger partial charge in [0.2, 0.25) is 0 Å². The molecule has 1 aliphatic heterocycles. The fraction of sp³-hybridized carbons (Fsp3) is 0.769. The Labute approximate surface area is 184 Å². The number of rotatable bonds is 10. The number of benzene rings is 1. The largest absolute Gasteiger partial charge is 0.493 e. The van der Waals surface area contributed by atoms with Crippen LogP contribution in [0.4, 0.5) is 0 Å². The first kappa shape index (κ1) is 23.4. The first-order valence-electron chi connectivity index (χ1n) is 11.9. The zero-order chi connectivity index (χ0) is 21.9. The molecule has 4 nitrogen and oxygen atoms in total. The molecule has 1 heterocycles. The van der Waals surface area contributed by atoms with Crippen molar-refractivity contribution in [2.24, 2.45) is 17.8 Å². The Hall–Kier alpha value is -1.26. The van der Waals surface area contributed by atoms with E-state index in [1.807, 2.05) is 7.11 Å². The highest BCUT2D eigenvalue weighted by Crippen LogP contribution is 2.53. The van der Waals surface area contributed by atoms with Crippen LogP contribution < -0.4 is 9.47 Å². The van der Waals surface area contributed by atoms with Crippen molar-refractivity contribution < 1.29 is 14.2 Å². The van der Waals surface area contributed by atoms with E-state index in [2.05, 4.69) is 44.7 Å². The molecule has 170 valence electrons. The van der Waals surface area contributed by atoms with Crippen LogP contribution in [-0.4, -0.2) is 52.0 Å². The summed E-state index contributed by atoms with van der Waals surface area (Å²) in [5.41, 5.74) is 2.78. The van der Waals surface area contributed by atoms with Gasteiger partial charge in [-0.3, -0.25) is 0 Å². The van der Waals surface area contributed by atoms with Crippen LogP contribution in [0.25, 0.3) is 0 Å². The number of hydrogen-bond acceptors (Lipinski definition) is 4. The predicted molar refractivity (Wildman–Crippen MR) is 124 cm³/mol. The highest BCUT2D eigenvalue weighted by Gasteiger charge is 2.49. The van der Waals surface area contributed by atoms with E-state index in [-0.39, 0.29) is 5.41 Å². The Morgan fingerprint density at radius 3 is 2.47 bits per heavy atom. The van der Waals surface area contributed by atoms with Gasteiger partial charge >= 0.3 is 0 Å². The van der Waals surface area contributed by atoms with E-state index in [0.29, 0.717) is 17.9 Å². The van der Waals surface area contributed by atoms with Crippen molar-refractivity contribution in [2.75, 3.05) is 41.0 Å². The summed E-state index contributed by atoms with van der Waals surface area (Å²) in [5.74, 6) is 3.80. The van der Waals surface area contributed by atoms with Gasteiger partial charge in [0.25, 0.3) is 0 Å². The van der Waals surface area contributed by atoms with Gasteiger partial charge in [0.15, 0.2) is 11.5 Å². The molecule has 1 aliphatic carbocycles. The summed E-state index contributed by atoms with van der Waals surface area (Å²) in [5, 5.41) is 0. The molecular weight excluding hydrogens is 374 g/mol. The van der Waals surface area contributed by atoms with Gasteiger partial charge in [-0.2, -0.15) is 0 Å². The van der Waals surface area contributed by atoms with E-state index < -0.39 is 0 Å². The minimum Gasteiger partial charge on any atom is -0.493 e. The van der Waals surface area contributed by atoms with Crippen molar-refractivity contribution in [3.05, 3.63) is 23.3 Å². The maximum absolute atomic E-state index is 6.00. The Balaban J connectivity index is 2.07. The molecule has 0 aromatic heterocycles. The highest BCUT2D eigenvalue weighted by atomic mass is 16.5. The Morgan fingerprint density at radius 1 is 1.17 bits per heavy atom. The van der Waals surface area contributed by atoms with E-state index >= 15 is 0 Å². The van der Waals surface area contributed by atoms with Gasteiger partial charge in [0, 0.05) is 37.3 Å². The van der Waals surface area contributed by atoms with Gasteiger partial charge in [-0.1, -0.05) is 19.9 Å². The van der Waals surface area contributed by atoms with Gasteiger partial charge < -0.3 is 19.1 Å². The van der Waals surface area contributed by atoms with Crippen molar-refractivity contribution in [3.8, 4) is 11.5 Å². The molecule has 2 fully saturated rings. The molecule has 3 unspecified atom stereocenters. The van der Waals surface area contributed by atoms with Gasteiger partial charge in [-0.25, -0.2) is 0 Å². The van der Waals surface area contributed by atoms with Crippen LogP contribution in [-0.2, 0) is 10.2 Å². The molecule has 0 bridgehead atoms. The summed E-state index contributed by atoms with van der Waals surface area (Å²) in [6.07, 6.45) is 6.29. The van der Waals surface area contributed by atoms with Crippen molar-refractivity contribution in [2.45, 2.75) is 71.3 Å². The van der Waals surface area contributed by atoms with E-state index in [1.54, 1.807) is 14.2 Å². The summed E-state index contributed by atoms with van der Waals surface area (Å²) < 4.78 is 17.3. The van der Waals surface area contributed by atoms with Gasteiger partial charge in [-0.05, 0) is 81.9 Å². The number of piperidine rings is 1. The molecule has 3 rings (SSSR count). The summed E-state index contributed by atoms with van der Waals surface area (Å²) in [4.78, 5) is 2.78. The monoisotopic (exact) mass is 417 g/mol. The third kappa shape index (κ3) is 4.50. The van der Waals surface area contributed by atoms with E-state index in [1.165, 1.54) is 49.9 Å². The quantitative estimate of drug-likeness (QED) is 0.506. The van der Waals surface area contributed by atoms with Crippen molar-refractivity contribution in [3.63, 3.8) is 0 Å². The third-order valence-corrected chi connectivity index (χ3v) is 7.89. The number of hydrogen-bond donors (Lipinski definition) is 0. The number of methoxy groups -OCH3 is 3. The van der Waals surface area contributed by atoms with E-state index in [4.69, 9.17) is 14.2 Å². The van der Waals surface area contributed by atoms with Crippen LogP contribution in [0.2, 0.25) is 0 Å². The number of ether oxygens (including phenoxy) is 3. The molecule has 1 saturated carbocycles. The van der Waals surface area contributed by atoms with Gasteiger partial charge in [0.05, 0.1) is 14.2 Å². The van der Waals surface area contributed by atoms with Crippen LogP contribution in [0.15, 0.2) is 12.1 Å². The molecule has 1 aromatic rings. The number of nitrogens with zero attached hydrogens (tertiary/aromatic N) is 1. The maximum atomic E-state index is 6.00. The first-order chi connectivity index (χ1) is 14.4. The van der Waals surface area contributed by atoms with Gasteiger partial charge in [-0.15, -0.1) is 0 Å². The first-order valence-corrected chi connectivity index (χ1v) is 11.9. The molecule has 2 aliphatic rings. The molecule has 0 spiro atoms. The second kappa shape index (κ2) is 9.91. The van der Waals surface area contributed by atoms with E-state index in [9.17, 15) is 0 Å². The molecule has 0 N–H and O–H groups in total. The number of likely N-dealkylation sites (tertiary alicyclic amines) is 1. The highest BCUT2D eigenvalue weighted by molar-refractivity contribution is 5.55. The van der Waals surface area contributed by atoms with Crippen LogP contribution in [0.3, 0.4) is 0 Å². The molecule has 1 aromatic carbocycles. The van der Waals surface area contributed by atoms with Crippen LogP contribution in [0.5, 0.6) is 11.5 Å². The molecule has 4 atom stereocenters. The zero-order valence-corrected chi connectivity index (χ0v) is 20.3. The minimum atomic E-state index is 0.0887. The smallest absolute Gasteiger partial charge is 0.164 e. The Morgan fingerprint density at radius 2 is 1.90 bits per heavy atom. The lowest BCUT2D eigenvalue weighted by atomic mass is 9.58. The Kier molecular flexibility index (Phi) is 7.73. The van der Waals surface area contributed by atoms with Gasteiger partial charge in [0.1, 0.15) is 0 Å². The van der Waals surface area contributed by atoms with Crippen molar-refractivity contribution in [1.82, 2.24) is 4.90 Å². The molecule has 4 heteroatoms. The normalized spacial score (nSPS) is 28.4. The fourth-order valence-corrected chi connectivity index (χ4v) is 6.12. The second-order valence-corrected chi connectivity index (χ2v) is 9.83. The molecule has 30 heavy (non-hydrogen) atoms. The zero-order valence-electron chi connectivity index (χ0n) is 20.3. The fourth-order valence-electron chi connectivity index (χ4n) is 6.12. The SMILES string of the molecule is CCC1(c2c(C)ccc(OC)c2OC)CCN(CC2CC2)C(C)C1C[C@H](C)COC. The van der Waals surface area contributed by atoms with Crippen LogP contribution >= 0.6 is 0 Å².